The maximum Gasteiger partial charge on any atom is 0.220 e. The first-order valence-corrected chi connectivity index (χ1v) is 48.2. The highest BCUT2D eigenvalue weighted by atomic mass is 32.2. The van der Waals surface area contributed by atoms with Crippen LogP contribution >= 0.6 is 0 Å². The third-order valence-electron chi connectivity index (χ3n) is 21.7. The number of sulfonamides is 4. The highest BCUT2D eigenvalue weighted by molar-refractivity contribution is 7.90. The van der Waals surface area contributed by atoms with Crippen LogP contribution in [0.3, 0.4) is 0 Å². The van der Waals surface area contributed by atoms with Crippen LogP contribution in [0.15, 0.2) is 245 Å². The zero-order valence-electron chi connectivity index (χ0n) is 77.0. The SMILES string of the molecule is C=CC[C@@H](OC)[C@@H](C(C)C)S(=O)(=O)N(Cc1ccc(C)cc1)Cc1ccc(OC)cc1.C=CC[C@@H](OC)[C@H](C(C)C)S(=O)(=O)N(Cc1ccc(C)cc1)Cc1ccc(OC)cc1.C=CC[C@H](OC)[C@@H](C(C)C)S(=O)(=O)N(Cc1ccc(C)cc1)Cc1ccc(OC)cc1.C=CC[C@H](OC)[C@H](C(C)C)S(=O)(=O)N(Cc1ccc(C)cc1)Cc1ccc(OC)cc1. The van der Waals surface area contributed by atoms with Gasteiger partial charge in [-0.2, -0.15) is 17.2 Å². The van der Waals surface area contributed by atoms with Crippen molar-refractivity contribution in [1.29, 1.82) is 0 Å². The van der Waals surface area contributed by atoms with E-state index in [4.69, 9.17) is 37.9 Å². The quantitative estimate of drug-likeness (QED) is 0.0323. The van der Waals surface area contributed by atoms with E-state index in [2.05, 4.69) is 26.3 Å². The number of hydrogen-bond donors (Lipinski definition) is 0. The Balaban J connectivity index is 0.000000294. The van der Waals surface area contributed by atoms with Crippen molar-refractivity contribution in [2.75, 3.05) is 56.9 Å². The Bertz CT molecular complexity index is 4310. The summed E-state index contributed by atoms with van der Waals surface area (Å²) in [6.45, 7) is 40.8. The van der Waals surface area contributed by atoms with Gasteiger partial charge in [-0.15, -0.1) is 26.3 Å². The van der Waals surface area contributed by atoms with E-state index >= 15 is 0 Å². The molecule has 0 aliphatic rings. The van der Waals surface area contributed by atoms with Crippen molar-refractivity contribution in [3.8, 4) is 23.0 Å². The van der Waals surface area contributed by atoms with Crippen LogP contribution in [0.25, 0.3) is 0 Å². The number of methoxy groups -OCH3 is 8. The second-order valence-electron chi connectivity index (χ2n) is 32.6. The highest BCUT2D eigenvalue weighted by Gasteiger charge is 2.44. The summed E-state index contributed by atoms with van der Waals surface area (Å²) in [5.74, 6) is 2.48. The Morgan fingerprint density at radius 1 is 0.242 bits per heavy atom. The molecule has 124 heavy (non-hydrogen) atoms. The van der Waals surface area contributed by atoms with Crippen molar-refractivity contribution in [1.82, 2.24) is 17.2 Å². The fourth-order valence-electron chi connectivity index (χ4n) is 14.9. The van der Waals surface area contributed by atoms with E-state index in [0.29, 0.717) is 51.9 Å². The molecule has 0 radical (unpaired) electrons. The number of rotatable bonds is 48. The van der Waals surface area contributed by atoms with Gasteiger partial charge in [-0.05, 0) is 170 Å². The van der Waals surface area contributed by atoms with Crippen molar-refractivity contribution < 1.29 is 71.6 Å². The largest absolute Gasteiger partial charge is 0.497 e. The number of benzene rings is 8. The zero-order valence-corrected chi connectivity index (χ0v) is 80.2. The topological polar surface area (TPSA) is 223 Å². The van der Waals surface area contributed by atoms with Crippen molar-refractivity contribution in [2.45, 2.75) is 207 Å². The van der Waals surface area contributed by atoms with E-state index < -0.39 is 85.5 Å². The van der Waals surface area contributed by atoms with Gasteiger partial charge in [0.2, 0.25) is 40.1 Å². The van der Waals surface area contributed by atoms with Crippen LogP contribution in [0.5, 0.6) is 23.0 Å². The summed E-state index contributed by atoms with van der Waals surface area (Å²) in [5, 5.41) is -2.73. The highest BCUT2D eigenvalue weighted by Crippen LogP contribution is 2.34. The number of ether oxygens (including phenoxy) is 8. The molecule has 0 fully saturated rings. The van der Waals surface area contributed by atoms with E-state index in [1.807, 2.05) is 277 Å². The molecule has 8 aromatic rings. The maximum atomic E-state index is 13.9. The molecule has 0 heterocycles. The molecule has 8 rings (SSSR count). The fourth-order valence-corrected chi connectivity index (χ4v) is 24.1. The lowest BCUT2D eigenvalue weighted by atomic mass is 10.0. The molecule has 8 aromatic carbocycles. The average Bonchev–Trinajstić information content (AvgIpc) is 0.802. The van der Waals surface area contributed by atoms with Crippen LogP contribution in [-0.4, -0.2) is 153 Å². The van der Waals surface area contributed by atoms with Crippen molar-refractivity contribution in [3.63, 3.8) is 0 Å². The van der Waals surface area contributed by atoms with Gasteiger partial charge in [0.15, 0.2) is 0 Å². The summed E-state index contributed by atoms with van der Waals surface area (Å²) in [5.41, 5.74) is 11.9. The van der Waals surface area contributed by atoms with Gasteiger partial charge in [-0.1, -0.05) is 248 Å². The van der Waals surface area contributed by atoms with E-state index in [-0.39, 0.29) is 49.9 Å². The summed E-state index contributed by atoms with van der Waals surface area (Å²) in [6, 6.07) is 61.9. The van der Waals surface area contributed by atoms with Gasteiger partial charge in [0, 0.05) is 80.8 Å². The monoisotopic (exact) mass is 1780 g/mol. The second kappa shape index (κ2) is 52.5. The third kappa shape index (κ3) is 32.1. The predicted octanol–water partition coefficient (Wildman–Crippen LogP) is 19.8. The molecule has 680 valence electrons. The van der Waals surface area contributed by atoms with Gasteiger partial charge < -0.3 is 37.9 Å². The molecule has 0 bridgehead atoms. The Hall–Kier alpha value is -8.60. The maximum absolute atomic E-state index is 13.9. The van der Waals surface area contributed by atoms with Crippen molar-refractivity contribution >= 4 is 40.1 Å². The van der Waals surface area contributed by atoms with Crippen LogP contribution in [0.2, 0.25) is 0 Å². The molecule has 0 unspecified atom stereocenters. The zero-order chi connectivity index (χ0) is 92.1. The first-order valence-electron chi connectivity index (χ1n) is 42.1. The summed E-state index contributed by atoms with van der Waals surface area (Å²) >= 11 is 0. The molecular weight excluding hydrogens is 1640 g/mol. The molecule has 0 spiro atoms. The van der Waals surface area contributed by atoms with Crippen LogP contribution in [0.4, 0.5) is 0 Å². The van der Waals surface area contributed by atoms with E-state index in [1.54, 1.807) is 98.4 Å². The third-order valence-corrected chi connectivity index (χ3v) is 31.8. The molecule has 0 aliphatic heterocycles. The lowest BCUT2D eigenvalue weighted by Gasteiger charge is -2.34. The molecule has 8 atom stereocenters. The Morgan fingerprint density at radius 3 is 0.476 bits per heavy atom. The molecule has 24 heteroatoms. The summed E-state index contributed by atoms with van der Waals surface area (Å²) in [6.07, 6.45) is 6.91. The minimum Gasteiger partial charge on any atom is -0.497 e. The minimum atomic E-state index is -3.69. The van der Waals surface area contributed by atoms with Crippen molar-refractivity contribution in [2.24, 2.45) is 23.7 Å². The standard InChI is InChI=1S/4C25H35NO4S/c4*1-7-8-24(30-6)25(19(2)3)31(27,28)26(17-21-11-9-20(4)10-12-21)18-22-13-15-23(29-5)16-14-22/h4*7,9-16,19,24-25H,1,8,17-18H2,2-6H3/t2*24-,25+;2*24-,25-/m1010/s1. The van der Waals surface area contributed by atoms with Gasteiger partial charge in [0.05, 0.1) is 52.9 Å². The van der Waals surface area contributed by atoms with Gasteiger partial charge in [-0.25, -0.2) is 33.7 Å². The normalized spacial score (nSPS) is 13.9. The van der Waals surface area contributed by atoms with E-state index in [1.165, 1.54) is 0 Å². The molecular formula is C100H140N4O16S4. The van der Waals surface area contributed by atoms with Crippen LogP contribution < -0.4 is 18.9 Å². The molecule has 0 aromatic heterocycles. The van der Waals surface area contributed by atoms with Crippen LogP contribution in [0.1, 0.15) is 148 Å². The number of aryl methyl sites for hydroxylation is 4. The molecule has 0 aliphatic carbocycles. The first kappa shape index (κ1) is 106. The van der Waals surface area contributed by atoms with Gasteiger partial charge in [-0.3, -0.25) is 0 Å². The van der Waals surface area contributed by atoms with Gasteiger partial charge in [0.25, 0.3) is 0 Å². The summed E-state index contributed by atoms with van der Waals surface area (Å²) in [7, 11) is -2.06. The average molecular weight is 1780 g/mol. The molecule has 0 N–H and O–H groups in total. The smallest absolute Gasteiger partial charge is 0.220 e. The Labute approximate surface area is 745 Å². The van der Waals surface area contributed by atoms with Gasteiger partial charge in [0.1, 0.15) is 44.0 Å². The fraction of sp³-hybridized carbons (Fsp3) is 0.440. The van der Waals surface area contributed by atoms with Gasteiger partial charge >= 0.3 is 0 Å². The van der Waals surface area contributed by atoms with Crippen molar-refractivity contribution in [3.05, 3.63) is 312 Å². The minimum absolute atomic E-state index is 0.119. The Morgan fingerprint density at radius 2 is 0.371 bits per heavy atom. The number of hydrogen-bond acceptors (Lipinski definition) is 16. The van der Waals surface area contributed by atoms with E-state index in [0.717, 1.165) is 89.8 Å². The number of nitrogens with zero attached hydrogens (tertiary/aromatic N) is 4. The van der Waals surface area contributed by atoms with E-state index in [9.17, 15) is 33.7 Å². The second-order valence-corrected chi connectivity index (χ2v) is 41.0. The lowest BCUT2D eigenvalue weighted by molar-refractivity contribution is 0.0874. The predicted molar refractivity (Wildman–Crippen MR) is 506 cm³/mol. The Kier molecular flexibility index (Phi) is 44.9. The summed E-state index contributed by atoms with van der Waals surface area (Å²) in [4.78, 5) is 0. The first-order chi connectivity index (χ1) is 58.9. The van der Waals surface area contributed by atoms with Crippen LogP contribution in [-0.2, 0) is 111 Å². The molecule has 0 saturated carbocycles. The summed E-state index contributed by atoms with van der Waals surface area (Å²) < 4.78 is 161. The molecule has 0 saturated heterocycles. The molecule has 0 amide bonds. The molecule has 20 nitrogen and oxygen atoms in total. The lowest BCUT2D eigenvalue weighted by Crippen LogP contribution is -2.47. The van der Waals surface area contributed by atoms with Crippen LogP contribution in [0, 0.1) is 51.4 Å².